The quantitative estimate of drug-likeness (QED) is 0.761. The molecule has 1 atom stereocenters. The lowest BCUT2D eigenvalue weighted by Gasteiger charge is -2.35. The van der Waals surface area contributed by atoms with Crippen molar-refractivity contribution in [3.05, 3.63) is 0 Å². The number of nitrogens with two attached hydrogens (primary N) is 1. The minimum atomic E-state index is -0.227. The monoisotopic (exact) mass is 226 g/mol. The molecular formula is C12H22N2O2. The van der Waals surface area contributed by atoms with Gasteiger partial charge in [0.1, 0.15) is 0 Å². The van der Waals surface area contributed by atoms with E-state index in [1.54, 1.807) is 0 Å². The first-order chi connectivity index (χ1) is 7.61. The van der Waals surface area contributed by atoms with E-state index in [1.807, 2.05) is 11.8 Å². The Morgan fingerprint density at radius 2 is 2.19 bits per heavy atom. The number of hydrogen-bond donors (Lipinski definition) is 1. The Hall–Kier alpha value is -0.610. The molecule has 2 rings (SSSR count). The fourth-order valence-electron chi connectivity index (χ4n) is 2.76. The van der Waals surface area contributed by atoms with Crippen LogP contribution < -0.4 is 5.73 Å². The van der Waals surface area contributed by atoms with Crippen LogP contribution in [0.3, 0.4) is 0 Å². The zero-order valence-corrected chi connectivity index (χ0v) is 10.1. The van der Waals surface area contributed by atoms with Crippen molar-refractivity contribution in [2.24, 2.45) is 5.73 Å². The Balaban J connectivity index is 1.91. The summed E-state index contributed by atoms with van der Waals surface area (Å²) in [4.78, 5) is 14.1. The predicted molar refractivity (Wildman–Crippen MR) is 62.0 cm³/mol. The molecule has 2 N–H and O–H groups in total. The highest BCUT2D eigenvalue weighted by molar-refractivity contribution is 5.78. The zero-order valence-electron chi connectivity index (χ0n) is 10.1. The summed E-state index contributed by atoms with van der Waals surface area (Å²) in [7, 11) is 0. The van der Waals surface area contributed by atoms with Gasteiger partial charge in [-0.1, -0.05) is 12.8 Å². The summed E-state index contributed by atoms with van der Waals surface area (Å²) < 4.78 is 5.33. The third-order valence-corrected chi connectivity index (χ3v) is 3.79. The van der Waals surface area contributed by atoms with Crippen LogP contribution >= 0.6 is 0 Å². The number of amides is 1. The summed E-state index contributed by atoms with van der Waals surface area (Å²) in [5, 5.41) is 0. The van der Waals surface area contributed by atoms with Crippen molar-refractivity contribution in [1.29, 1.82) is 0 Å². The van der Waals surface area contributed by atoms with Crippen molar-refractivity contribution in [2.75, 3.05) is 19.8 Å². The van der Waals surface area contributed by atoms with Crippen LogP contribution in [0.25, 0.3) is 0 Å². The van der Waals surface area contributed by atoms with E-state index in [4.69, 9.17) is 10.5 Å². The largest absolute Gasteiger partial charge is 0.377 e. The molecule has 0 aromatic heterocycles. The van der Waals surface area contributed by atoms with E-state index in [1.165, 1.54) is 12.8 Å². The maximum absolute atomic E-state index is 12.2. The lowest BCUT2D eigenvalue weighted by molar-refractivity contribution is -0.140. The van der Waals surface area contributed by atoms with E-state index in [0.29, 0.717) is 19.6 Å². The first kappa shape index (κ1) is 11.9. The number of carbonyl (C=O) groups excluding carboxylic acids is 1. The fourth-order valence-corrected chi connectivity index (χ4v) is 2.76. The molecule has 1 aliphatic carbocycles. The summed E-state index contributed by atoms with van der Waals surface area (Å²) in [6, 6.07) is 0.200. The number of carbonyl (C=O) groups is 1. The Bertz CT molecular complexity index is 262. The molecule has 4 heteroatoms. The normalized spacial score (nSPS) is 29.4. The lowest BCUT2D eigenvalue weighted by Crippen LogP contribution is -2.50. The Morgan fingerprint density at radius 3 is 2.81 bits per heavy atom. The van der Waals surface area contributed by atoms with Crippen LogP contribution in [0.2, 0.25) is 0 Å². The van der Waals surface area contributed by atoms with Crippen molar-refractivity contribution in [1.82, 2.24) is 4.90 Å². The van der Waals surface area contributed by atoms with Gasteiger partial charge in [0.2, 0.25) is 5.91 Å². The van der Waals surface area contributed by atoms with E-state index < -0.39 is 0 Å². The van der Waals surface area contributed by atoms with Crippen LogP contribution in [-0.4, -0.2) is 42.1 Å². The number of rotatable bonds is 2. The van der Waals surface area contributed by atoms with Gasteiger partial charge < -0.3 is 15.4 Å². The summed E-state index contributed by atoms with van der Waals surface area (Å²) in [6.45, 7) is 4.07. The maximum atomic E-state index is 12.2. The lowest BCUT2D eigenvalue weighted by atomic mass is 9.93. The van der Waals surface area contributed by atoms with Gasteiger partial charge in [0.05, 0.1) is 19.3 Å². The summed E-state index contributed by atoms with van der Waals surface area (Å²) in [6.07, 6.45) is 4.84. The SMILES string of the molecule is CC1COCCN1C(=O)CC1(N)CCCC1. The van der Waals surface area contributed by atoms with Gasteiger partial charge in [-0.15, -0.1) is 0 Å². The molecule has 16 heavy (non-hydrogen) atoms. The molecule has 1 amide bonds. The molecule has 0 radical (unpaired) electrons. The molecule has 0 aromatic carbocycles. The second kappa shape index (κ2) is 4.72. The molecule has 0 spiro atoms. The molecule has 1 aliphatic heterocycles. The Kier molecular flexibility index (Phi) is 3.50. The molecule has 1 unspecified atom stereocenters. The highest BCUT2D eigenvalue weighted by Crippen LogP contribution is 2.30. The topological polar surface area (TPSA) is 55.6 Å². The predicted octanol–water partition coefficient (Wildman–Crippen LogP) is 0.895. The van der Waals surface area contributed by atoms with Gasteiger partial charge in [-0.25, -0.2) is 0 Å². The zero-order chi connectivity index (χ0) is 11.6. The molecule has 1 heterocycles. The van der Waals surface area contributed by atoms with Crippen LogP contribution in [0.1, 0.15) is 39.0 Å². The smallest absolute Gasteiger partial charge is 0.224 e. The van der Waals surface area contributed by atoms with E-state index in [2.05, 4.69) is 0 Å². The van der Waals surface area contributed by atoms with E-state index in [9.17, 15) is 4.79 Å². The van der Waals surface area contributed by atoms with Gasteiger partial charge in [-0.2, -0.15) is 0 Å². The van der Waals surface area contributed by atoms with Crippen molar-refractivity contribution < 1.29 is 9.53 Å². The second-order valence-corrected chi connectivity index (χ2v) is 5.26. The van der Waals surface area contributed by atoms with Crippen molar-refractivity contribution >= 4 is 5.91 Å². The van der Waals surface area contributed by atoms with Crippen molar-refractivity contribution in [3.63, 3.8) is 0 Å². The van der Waals surface area contributed by atoms with E-state index >= 15 is 0 Å². The fraction of sp³-hybridized carbons (Fsp3) is 0.917. The van der Waals surface area contributed by atoms with Gasteiger partial charge in [0.25, 0.3) is 0 Å². The number of nitrogens with zero attached hydrogens (tertiary/aromatic N) is 1. The molecular weight excluding hydrogens is 204 g/mol. The summed E-state index contributed by atoms with van der Waals surface area (Å²) in [5.74, 6) is 0.209. The highest BCUT2D eigenvalue weighted by Gasteiger charge is 2.34. The standard InChI is InChI=1S/C12H22N2O2/c1-10-9-16-7-6-14(10)11(15)8-12(13)4-2-3-5-12/h10H,2-9,13H2,1H3. The van der Waals surface area contributed by atoms with Crippen LogP contribution in [0.15, 0.2) is 0 Å². The molecule has 4 nitrogen and oxygen atoms in total. The van der Waals surface area contributed by atoms with Gasteiger partial charge in [0, 0.05) is 18.5 Å². The Morgan fingerprint density at radius 1 is 1.50 bits per heavy atom. The third-order valence-electron chi connectivity index (χ3n) is 3.79. The number of hydrogen-bond acceptors (Lipinski definition) is 3. The molecule has 1 saturated carbocycles. The number of morpholine rings is 1. The molecule has 0 aromatic rings. The van der Waals surface area contributed by atoms with Crippen LogP contribution in [0, 0.1) is 0 Å². The minimum Gasteiger partial charge on any atom is -0.377 e. The highest BCUT2D eigenvalue weighted by atomic mass is 16.5. The molecule has 0 bridgehead atoms. The van der Waals surface area contributed by atoms with Crippen molar-refractivity contribution in [3.8, 4) is 0 Å². The first-order valence-electron chi connectivity index (χ1n) is 6.27. The molecule has 2 fully saturated rings. The maximum Gasteiger partial charge on any atom is 0.224 e. The van der Waals surface area contributed by atoms with Gasteiger partial charge in [-0.05, 0) is 19.8 Å². The summed E-state index contributed by atoms with van der Waals surface area (Å²) >= 11 is 0. The number of ether oxygens (including phenoxy) is 1. The first-order valence-corrected chi connectivity index (χ1v) is 6.27. The van der Waals surface area contributed by atoms with Gasteiger partial charge in [-0.3, -0.25) is 4.79 Å². The molecule has 1 saturated heterocycles. The second-order valence-electron chi connectivity index (χ2n) is 5.26. The van der Waals surface area contributed by atoms with Crippen LogP contribution in [0.4, 0.5) is 0 Å². The average molecular weight is 226 g/mol. The molecule has 92 valence electrons. The van der Waals surface area contributed by atoms with Gasteiger partial charge in [0.15, 0.2) is 0 Å². The third kappa shape index (κ3) is 2.55. The van der Waals surface area contributed by atoms with Gasteiger partial charge >= 0.3 is 0 Å². The van der Waals surface area contributed by atoms with E-state index in [0.717, 1.165) is 19.4 Å². The van der Waals surface area contributed by atoms with Crippen LogP contribution in [-0.2, 0) is 9.53 Å². The molecule has 2 aliphatic rings. The minimum absolute atomic E-state index is 0.200. The Labute approximate surface area is 97.1 Å². The van der Waals surface area contributed by atoms with Crippen LogP contribution in [0.5, 0.6) is 0 Å². The van der Waals surface area contributed by atoms with Crippen molar-refractivity contribution in [2.45, 2.75) is 50.6 Å². The van der Waals surface area contributed by atoms with E-state index in [-0.39, 0.29) is 17.5 Å². The average Bonchev–Trinajstić information content (AvgIpc) is 2.65. The summed E-state index contributed by atoms with van der Waals surface area (Å²) in [5.41, 5.74) is 6.01.